The van der Waals surface area contributed by atoms with Crippen LogP contribution in [0, 0.1) is 0 Å². The summed E-state index contributed by atoms with van der Waals surface area (Å²) in [6.07, 6.45) is 9.05. The lowest BCUT2D eigenvalue weighted by atomic mass is 9.98. The lowest BCUT2D eigenvalue weighted by molar-refractivity contribution is -0.153. The first-order valence-corrected chi connectivity index (χ1v) is 13.0. The Morgan fingerprint density at radius 1 is 1.15 bits per heavy atom. The van der Waals surface area contributed by atoms with Crippen LogP contribution in [0.3, 0.4) is 0 Å². The van der Waals surface area contributed by atoms with E-state index in [9.17, 15) is 14.4 Å². The number of benzene rings is 1. The number of unbranched alkanes of at least 4 members (excludes halogenated alkanes) is 3. The fraction of sp³-hybridized carbons (Fsp3) is 0.640. The second kappa shape index (κ2) is 13.0. The number of piperazine rings is 1. The third-order valence-corrected chi connectivity index (χ3v) is 6.72. The SMILES string of the molecule is CCCCCCOc1ccc(Br)cc1C(=O)N1CCNC(=O)C1CC(=O)OC1CCCCC1. The molecule has 0 aromatic heterocycles. The number of rotatable bonds is 10. The molecule has 2 amide bonds. The van der Waals surface area contributed by atoms with E-state index in [1.54, 1.807) is 12.1 Å². The summed E-state index contributed by atoms with van der Waals surface area (Å²) in [6, 6.07) is 4.43. The summed E-state index contributed by atoms with van der Waals surface area (Å²) in [5.74, 6) is -0.574. The van der Waals surface area contributed by atoms with Gasteiger partial charge in [-0.25, -0.2) is 0 Å². The first-order chi connectivity index (χ1) is 16.0. The van der Waals surface area contributed by atoms with Crippen LogP contribution in [-0.2, 0) is 14.3 Å². The van der Waals surface area contributed by atoms with Crippen LogP contribution >= 0.6 is 15.9 Å². The van der Waals surface area contributed by atoms with Crippen LogP contribution in [0.1, 0.15) is 81.5 Å². The average Bonchev–Trinajstić information content (AvgIpc) is 2.81. The van der Waals surface area contributed by atoms with Crippen LogP contribution in [0.2, 0.25) is 0 Å². The van der Waals surface area contributed by atoms with E-state index in [4.69, 9.17) is 9.47 Å². The second-order valence-electron chi connectivity index (χ2n) is 8.81. The van der Waals surface area contributed by atoms with Crippen LogP contribution in [0.4, 0.5) is 0 Å². The second-order valence-corrected chi connectivity index (χ2v) is 9.72. The smallest absolute Gasteiger partial charge is 0.308 e. The van der Waals surface area contributed by atoms with Crippen LogP contribution in [0.5, 0.6) is 5.75 Å². The summed E-state index contributed by atoms with van der Waals surface area (Å²) in [7, 11) is 0. The Balaban J connectivity index is 1.70. The minimum atomic E-state index is -0.890. The third-order valence-electron chi connectivity index (χ3n) is 6.23. The molecular formula is C25H35BrN2O5. The normalized spacial score (nSPS) is 19.2. The van der Waals surface area contributed by atoms with Gasteiger partial charge < -0.3 is 19.7 Å². The van der Waals surface area contributed by atoms with Crippen LogP contribution < -0.4 is 10.1 Å². The molecule has 1 saturated carbocycles. The fourth-order valence-electron chi connectivity index (χ4n) is 4.40. The fourth-order valence-corrected chi connectivity index (χ4v) is 4.76. The minimum Gasteiger partial charge on any atom is -0.493 e. The Kier molecular flexibility index (Phi) is 10.0. The summed E-state index contributed by atoms with van der Waals surface area (Å²) in [5.41, 5.74) is 0.389. The van der Waals surface area contributed by atoms with Crippen molar-refractivity contribution >= 4 is 33.7 Å². The van der Waals surface area contributed by atoms with Gasteiger partial charge in [0.2, 0.25) is 5.91 Å². The Hall–Kier alpha value is -2.09. The molecule has 1 aliphatic heterocycles. The van der Waals surface area contributed by atoms with Gasteiger partial charge in [0.15, 0.2) is 0 Å². The molecule has 8 heteroatoms. The zero-order valence-corrected chi connectivity index (χ0v) is 21.0. The number of nitrogens with one attached hydrogen (secondary N) is 1. The number of hydrogen-bond acceptors (Lipinski definition) is 5. The topological polar surface area (TPSA) is 84.9 Å². The summed E-state index contributed by atoms with van der Waals surface area (Å²) >= 11 is 3.43. The number of esters is 1. The standard InChI is InChI=1S/C25H35BrN2O5/c1-2-3-4-8-15-32-22-12-11-18(26)16-20(22)25(31)28-14-13-27-24(30)21(28)17-23(29)33-19-9-6-5-7-10-19/h11-12,16,19,21H,2-10,13-15,17H2,1H3,(H,27,30). The van der Waals surface area contributed by atoms with Crippen molar-refractivity contribution < 1.29 is 23.9 Å². The first-order valence-electron chi connectivity index (χ1n) is 12.2. The first kappa shape index (κ1) is 25.5. The maximum Gasteiger partial charge on any atom is 0.308 e. The van der Waals surface area contributed by atoms with E-state index < -0.39 is 12.0 Å². The van der Waals surface area contributed by atoms with Crippen molar-refractivity contribution in [2.75, 3.05) is 19.7 Å². The van der Waals surface area contributed by atoms with Crippen LogP contribution in [0.25, 0.3) is 0 Å². The predicted octanol–water partition coefficient (Wildman–Crippen LogP) is 4.61. The van der Waals surface area contributed by atoms with Crippen molar-refractivity contribution in [3.8, 4) is 5.75 Å². The molecule has 1 unspecified atom stereocenters. The average molecular weight is 523 g/mol. The number of halogens is 1. The number of hydrogen-bond donors (Lipinski definition) is 1. The van der Waals surface area contributed by atoms with Crippen molar-refractivity contribution in [2.24, 2.45) is 0 Å². The van der Waals surface area contributed by atoms with Crippen molar-refractivity contribution in [3.05, 3.63) is 28.2 Å². The molecule has 3 rings (SSSR count). The lowest BCUT2D eigenvalue weighted by Crippen LogP contribution is -2.58. The summed E-state index contributed by atoms with van der Waals surface area (Å²) in [6.45, 7) is 3.36. The van der Waals surface area contributed by atoms with Crippen LogP contribution in [-0.4, -0.2) is 54.5 Å². The summed E-state index contributed by atoms with van der Waals surface area (Å²) in [5, 5.41) is 2.78. The van der Waals surface area contributed by atoms with E-state index in [2.05, 4.69) is 28.2 Å². The van der Waals surface area contributed by atoms with Crippen molar-refractivity contribution in [2.45, 2.75) is 83.3 Å². The molecule has 2 aliphatic rings. The molecule has 2 fully saturated rings. The highest BCUT2D eigenvalue weighted by molar-refractivity contribution is 9.10. The highest BCUT2D eigenvalue weighted by Crippen LogP contribution is 2.27. The number of carbonyl (C=O) groups excluding carboxylic acids is 3. The van der Waals surface area contributed by atoms with Gasteiger partial charge in [-0.15, -0.1) is 0 Å². The molecule has 1 N–H and O–H groups in total. The lowest BCUT2D eigenvalue weighted by Gasteiger charge is -2.35. The Bertz CT molecular complexity index is 825. The molecule has 0 spiro atoms. The van der Waals surface area contributed by atoms with Gasteiger partial charge in [0, 0.05) is 17.6 Å². The maximum atomic E-state index is 13.5. The van der Waals surface area contributed by atoms with Gasteiger partial charge >= 0.3 is 5.97 Å². The third kappa shape index (κ3) is 7.45. The number of carbonyl (C=O) groups is 3. The zero-order chi connectivity index (χ0) is 23.6. The van der Waals surface area contributed by atoms with Gasteiger partial charge in [0.1, 0.15) is 17.9 Å². The molecule has 1 aromatic rings. The molecule has 1 saturated heterocycles. The number of nitrogens with zero attached hydrogens (tertiary/aromatic N) is 1. The quantitative estimate of drug-likeness (QED) is 0.358. The molecule has 1 atom stereocenters. The molecular weight excluding hydrogens is 488 g/mol. The zero-order valence-electron chi connectivity index (χ0n) is 19.4. The summed E-state index contributed by atoms with van der Waals surface area (Å²) < 4.78 is 12.3. The number of ether oxygens (including phenoxy) is 2. The van der Waals surface area contributed by atoms with Gasteiger partial charge in [-0.3, -0.25) is 14.4 Å². The molecule has 1 heterocycles. The van der Waals surface area contributed by atoms with Gasteiger partial charge in [-0.05, 0) is 50.3 Å². The van der Waals surface area contributed by atoms with Crippen molar-refractivity contribution in [1.82, 2.24) is 10.2 Å². The highest BCUT2D eigenvalue weighted by Gasteiger charge is 2.37. The van der Waals surface area contributed by atoms with E-state index in [-0.39, 0.29) is 24.3 Å². The monoisotopic (exact) mass is 522 g/mol. The molecule has 1 aromatic carbocycles. The van der Waals surface area contributed by atoms with E-state index in [0.717, 1.165) is 62.3 Å². The predicted molar refractivity (Wildman–Crippen MR) is 129 cm³/mol. The molecule has 182 valence electrons. The molecule has 33 heavy (non-hydrogen) atoms. The molecule has 7 nitrogen and oxygen atoms in total. The Labute approximate surface area is 204 Å². The molecule has 0 bridgehead atoms. The van der Waals surface area contributed by atoms with Crippen molar-refractivity contribution in [3.63, 3.8) is 0 Å². The van der Waals surface area contributed by atoms with E-state index >= 15 is 0 Å². The van der Waals surface area contributed by atoms with E-state index in [0.29, 0.717) is 31.0 Å². The maximum absolute atomic E-state index is 13.5. The van der Waals surface area contributed by atoms with Gasteiger partial charge in [-0.2, -0.15) is 0 Å². The van der Waals surface area contributed by atoms with Crippen molar-refractivity contribution in [1.29, 1.82) is 0 Å². The van der Waals surface area contributed by atoms with Gasteiger partial charge in [0.25, 0.3) is 5.91 Å². The minimum absolute atomic E-state index is 0.0835. The highest BCUT2D eigenvalue weighted by atomic mass is 79.9. The summed E-state index contributed by atoms with van der Waals surface area (Å²) in [4.78, 5) is 40.3. The van der Waals surface area contributed by atoms with E-state index in [1.165, 1.54) is 4.90 Å². The number of amides is 2. The Morgan fingerprint density at radius 2 is 1.94 bits per heavy atom. The van der Waals surface area contributed by atoms with Gasteiger partial charge in [0.05, 0.1) is 18.6 Å². The van der Waals surface area contributed by atoms with Crippen LogP contribution in [0.15, 0.2) is 22.7 Å². The molecule has 1 aliphatic carbocycles. The van der Waals surface area contributed by atoms with E-state index in [1.807, 2.05) is 6.07 Å². The molecule has 0 radical (unpaired) electrons. The Morgan fingerprint density at radius 3 is 2.70 bits per heavy atom. The largest absolute Gasteiger partial charge is 0.493 e. The van der Waals surface area contributed by atoms with Gasteiger partial charge in [-0.1, -0.05) is 48.5 Å².